The van der Waals surface area contributed by atoms with E-state index in [4.69, 9.17) is 11.6 Å². The van der Waals surface area contributed by atoms with Gasteiger partial charge in [-0.2, -0.15) is 0 Å². The van der Waals surface area contributed by atoms with Gasteiger partial charge in [-0.15, -0.1) is 11.3 Å². The number of benzene rings is 1. The summed E-state index contributed by atoms with van der Waals surface area (Å²) in [6, 6.07) is 6.82. The topological polar surface area (TPSA) is 12.0 Å². The Kier molecular flexibility index (Phi) is 3.35. The maximum absolute atomic E-state index is 6.32. The first-order valence-corrected chi connectivity index (χ1v) is 7.79. The average molecular weight is 280 g/mol. The fourth-order valence-corrected chi connectivity index (χ4v) is 3.93. The zero-order valence-electron chi connectivity index (χ0n) is 10.8. The summed E-state index contributed by atoms with van der Waals surface area (Å²) in [4.78, 5) is 1.48. The van der Waals surface area contributed by atoms with Gasteiger partial charge in [0.2, 0.25) is 0 Å². The van der Waals surface area contributed by atoms with Crippen LogP contribution in [0.1, 0.15) is 43.0 Å². The highest BCUT2D eigenvalue weighted by atomic mass is 35.5. The van der Waals surface area contributed by atoms with Crippen LogP contribution < -0.4 is 5.32 Å². The van der Waals surface area contributed by atoms with E-state index >= 15 is 0 Å². The van der Waals surface area contributed by atoms with Gasteiger partial charge in [0.1, 0.15) is 0 Å². The molecule has 1 aromatic heterocycles. The third-order valence-corrected chi connectivity index (χ3v) is 5.12. The Bertz CT molecular complexity index is 569. The first kappa shape index (κ1) is 12.5. The van der Waals surface area contributed by atoms with Crippen LogP contribution in [0.4, 0.5) is 0 Å². The summed E-state index contributed by atoms with van der Waals surface area (Å²) in [5.41, 5.74) is 1.56. The van der Waals surface area contributed by atoms with Gasteiger partial charge < -0.3 is 5.32 Å². The van der Waals surface area contributed by atoms with Crippen LogP contribution >= 0.6 is 22.9 Å². The lowest BCUT2D eigenvalue weighted by Crippen LogP contribution is -2.21. The fraction of sp³-hybridized carbons (Fsp3) is 0.467. The van der Waals surface area contributed by atoms with Gasteiger partial charge in [-0.1, -0.05) is 37.6 Å². The summed E-state index contributed by atoms with van der Waals surface area (Å²) < 4.78 is 1.27. The third kappa shape index (κ3) is 2.29. The molecule has 1 fully saturated rings. The smallest absolute Gasteiger partial charge is 0.0584 e. The van der Waals surface area contributed by atoms with Crippen LogP contribution in [0.5, 0.6) is 0 Å². The molecule has 0 aliphatic heterocycles. The largest absolute Gasteiger partial charge is 0.310 e. The van der Waals surface area contributed by atoms with E-state index in [1.54, 1.807) is 5.56 Å². The predicted molar refractivity (Wildman–Crippen MR) is 80.8 cm³/mol. The lowest BCUT2D eigenvalue weighted by atomic mass is 10.1. The number of rotatable bonds is 4. The summed E-state index contributed by atoms with van der Waals surface area (Å²) in [6.45, 7) is 5.35. The van der Waals surface area contributed by atoms with Gasteiger partial charge >= 0.3 is 0 Å². The minimum Gasteiger partial charge on any atom is -0.310 e. The molecule has 1 saturated carbocycles. The number of thiophene rings is 1. The fourth-order valence-electron chi connectivity index (χ4n) is 2.40. The van der Waals surface area contributed by atoms with Crippen LogP contribution in [0.25, 0.3) is 10.1 Å². The molecule has 96 valence electrons. The summed E-state index contributed by atoms with van der Waals surface area (Å²) in [6.07, 6.45) is 2.68. The Morgan fingerprint density at radius 3 is 2.83 bits per heavy atom. The van der Waals surface area contributed by atoms with Gasteiger partial charge in [-0.25, -0.2) is 0 Å². The molecule has 2 aromatic rings. The molecule has 0 saturated heterocycles. The second-order valence-electron chi connectivity index (χ2n) is 5.37. The molecule has 3 heteroatoms. The molecular weight excluding hydrogens is 262 g/mol. The Morgan fingerprint density at radius 1 is 1.39 bits per heavy atom. The molecule has 1 aliphatic rings. The first-order valence-electron chi connectivity index (χ1n) is 6.60. The zero-order valence-corrected chi connectivity index (χ0v) is 12.4. The van der Waals surface area contributed by atoms with E-state index in [0.29, 0.717) is 6.04 Å². The Labute approximate surface area is 117 Å². The summed E-state index contributed by atoms with van der Waals surface area (Å²) in [5.74, 6) is 0.779. The Balaban J connectivity index is 2.06. The molecule has 0 atom stereocenters. The molecule has 1 aliphatic carbocycles. The van der Waals surface area contributed by atoms with Crippen molar-refractivity contribution >= 4 is 33.0 Å². The monoisotopic (exact) mass is 279 g/mol. The third-order valence-electron chi connectivity index (χ3n) is 3.44. The zero-order chi connectivity index (χ0) is 12.7. The average Bonchev–Trinajstić information content (AvgIpc) is 3.08. The number of fused-ring (bicyclic) bond motifs is 1. The Morgan fingerprint density at radius 2 is 2.17 bits per heavy atom. The maximum atomic E-state index is 6.32. The molecule has 0 amide bonds. The molecule has 0 bridgehead atoms. The minimum atomic E-state index is 0.526. The number of hydrogen-bond acceptors (Lipinski definition) is 2. The molecule has 1 aromatic carbocycles. The van der Waals surface area contributed by atoms with Crippen LogP contribution in [0.2, 0.25) is 5.02 Å². The molecule has 0 spiro atoms. The van der Waals surface area contributed by atoms with Gasteiger partial charge in [0.05, 0.1) is 9.72 Å². The lowest BCUT2D eigenvalue weighted by Gasteiger charge is -2.08. The van der Waals surface area contributed by atoms with Gasteiger partial charge in [0, 0.05) is 17.5 Å². The molecular formula is C15H18ClNS. The SMILES string of the molecule is CC(C)NCc1sc2c(Cl)cccc2c1C1CC1. The quantitative estimate of drug-likeness (QED) is 0.837. The summed E-state index contributed by atoms with van der Waals surface area (Å²) >= 11 is 8.19. The van der Waals surface area contributed by atoms with E-state index in [2.05, 4.69) is 31.3 Å². The molecule has 1 N–H and O–H groups in total. The van der Waals surface area contributed by atoms with Crippen molar-refractivity contribution in [3.05, 3.63) is 33.7 Å². The molecule has 0 unspecified atom stereocenters. The van der Waals surface area contributed by atoms with Crippen LogP contribution in [0.3, 0.4) is 0 Å². The van der Waals surface area contributed by atoms with Crippen LogP contribution in [-0.4, -0.2) is 6.04 Å². The van der Waals surface area contributed by atoms with Crippen molar-refractivity contribution in [2.45, 2.75) is 45.2 Å². The van der Waals surface area contributed by atoms with Gasteiger partial charge in [-0.3, -0.25) is 0 Å². The normalized spacial score (nSPS) is 15.8. The molecule has 3 rings (SSSR count). The minimum absolute atomic E-state index is 0.526. The van der Waals surface area contributed by atoms with E-state index in [0.717, 1.165) is 17.5 Å². The van der Waals surface area contributed by atoms with Crippen LogP contribution in [0.15, 0.2) is 18.2 Å². The number of halogens is 1. The standard InChI is InChI=1S/C15H18ClNS/c1-9(2)17-8-13-14(10-6-7-10)11-4-3-5-12(16)15(11)18-13/h3-5,9-10,17H,6-8H2,1-2H3. The summed E-state index contributed by atoms with van der Waals surface area (Å²) in [7, 11) is 0. The highest BCUT2D eigenvalue weighted by molar-refractivity contribution is 7.20. The molecule has 18 heavy (non-hydrogen) atoms. The number of hydrogen-bond donors (Lipinski definition) is 1. The van der Waals surface area contributed by atoms with E-state index in [1.807, 2.05) is 17.4 Å². The van der Waals surface area contributed by atoms with Gasteiger partial charge in [0.15, 0.2) is 0 Å². The molecule has 1 heterocycles. The van der Waals surface area contributed by atoms with Crippen LogP contribution in [-0.2, 0) is 6.54 Å². The van der Waals surface area contributed by atoms with Crippen molar-refractivity contribution in [3.63, 3.8) is 0 Å². The predicted octanol–water partition coefficient (Wildman–Crippen LogP) is 4.93. The van der Waals surface area contributed by atoms with E-state index in [1.165, 1.54) is 27.8 Å². The lowest BCUT2D eigenvalue weighted by molar-refractivity contribution is 0.591. The van der Waals surface area contributed by atoms with Crippen LogP contribution in [0, 0.1) is 0 Å². The Hall–Kier alpha value is -0.570. The summed E-state index contributed by atoms with van der Waals surface area (Å²) in [5, 5.41) is 5.82. The molecule has 1 nitrogen and oxygen atoms in total. The highest BCUT2D eigenvalue weighted by Crippen LogP contribution is 2.49. The van der Waals surface area contributed by atoms with Crippen molar-refractivity contribution in [1.82, 2.24) is 5.32 Å². The van der Waals surface area contributed by atoms with Crippen molar-refractivity contribution in [1.29, 1.82) is 0 Å². The first-order chi connectivity index (χ1) is 8.66. The van der Waals surface area contributed by atoms with E-state index in [9.17, 15) is 0 Å². The second-order valence-corrected chi connectivity index (χ2v) is 6.88. The van der Waals surface area contributed by atoms with Crippen molar-refractivity contribution in [3.8, 4) is 0 Å². The molecule has 0 radical (unpaired) electrons. The second kappa shape index (κ2) is 4.84. The van der Waals surface area contributed by atoms with Gasteiger partial charge in [-0.05, 0) is 35.8 Å². The van der Waals surface area contributed by atoms with Gasteiger partial charge in [0.25, 0.3) is 0 Å². The number of nitrogens with one attached hydrogen (secondary N) is 1. The van der Waals surface area contributed by atoms with Crippen molar-refractivity contribution in [2.75, 3.05) is 0 Å². The van der Waals surface area contributed by atoms with Crippen molar-refractivity contribution in [2.24, 2.45) is 0 Å². The van der Waals surface area contributed by atoms with E-state index in [-0.39, 0.29) is 0 Å². The maximum Gasteiger partial charge on any atom is 0.0584 e. The highest BCUT2D eigenvalue weighted by Gasteiger charge is 2.29. The van der Waals surface area contributed by atoms with E-state index < -0.39 is 0 Å². The van der Waals surface area contributed by atoms with Crippen molar-refractivity contribution < 1.29 is 0 Å².